The minimum Gasteiger partial charge on any atom is -0.490 e. The SMILES string of the molecule is CCOc1cc2c(cc1OCC)C[NH+](Cn1c(=S)nc3nc(C)cc(C)n31)CC2. The molecule has 0 aliphatic carbocycles. The average molecular weight is 415 g/mol. The zero-order chi connectivity index (χ0) is 20.5. The standard InChI is InChI=1S/C21H27N5O2S/c1-5-27-18-10-16-7-8-24(12-17(16)11-19(18)28-6-2)13-25-21(29)23-20-22-14(3)9-15(4)26(20)25/h9-11H,5-8,12-13H2,1-4H3/p+1. The van der Waals surface area contributed by atoms with Crippen LogP contribution in [0.4, 0.5) is 0 Å². The van der Waals surface area contributed by atoms with E-state index in [1.54, 1.807) is 0 Å². The molecule has 1 aromatic carbocycles. The molecule has 29 heavy (non-hydrogen) atoms. The molecule has 3 heterocycles. The molecule has 1 aliphatic heterocycles. The van der Waals surface area contributed by atoms with Crippen LogP contribution in [0.3, 0.4) is 0 Å². The van der Waals surface area contributed by atoms with Crippen LogP contribution in [0.5, 0.6) is 11.5 Å². The highest BCUT2D eigenvalue weighted by Crippen LogP contribution is 2.32. The first kappa shape index (κ1) is 19.8. The van der Waals surface area contributed by atoms with E-state index in [-0.39, 0.29) is 0 Å². The third-order valence-electron chi connectivity index (χ3n) is 5.30. The fourth-order valence-corrected chi connectivity index (χ4v) is 4.32. The minimum atomic E-state index is 0.575. The lowest BCUT2D eigenvalue weighted by molar-refractivity contribution is -0.939. The van der Waals surface area contributed by atoms with Gasteiger partial charge in [0.2, 0.25) is 4.77 Å². The predicted molar refractivity (Wildman–Crippen MR) is 113 cm³/mol. The molecule has 3 aromatic rings. The van der Waals surface area contributed by atoms with Gasteiger partial charge in [0.05, 0.1) is 19.8 Å². The van der Waals surface area contributed by atoms with Crippen LogP contribution in [-0.2, 0) is 19.6 Å². The van der Waals surface area contributed by atoms with E-state index in [1.807, 2.05) is 25.3 Å². The summed E-state index contributed by atoms with van der Waals surface area (Å²) in [7, 11) is 0. The Hall–Kier alpha value is -2.45. The zero-order valence-electron chi connectivity index (χ0n) is 17.5. The van der Waals surface area contributed by atoms with Crippen LogP contribution in [0.1, 0.15) is 36.4 Å². The number of rotatable bonds is 6. The van der Waals surface area contributed by atoms with Gasteiger partial charge in [-0.2, -0.15) is 4.98 Å². The van der Waals surface area contributed by atoms with Gasteiger partial charge >= 0.3 is 0 Å². The Balaban J connectivity index is 1.63. The van der Waals surface area contributed by atoms with Crippen molar-refractivity contribution in [2.45, 2.75) is 47.3 Å². The van der Waals surface area contributed by atoms with Crippen molar-refractivity contribution in [1.82, 2.24) is 19.2 Å². The summed E-state index contributed by atoms with van der Waals surface area (Å²) in [6, 6.07) is 6.36. The van der Waals surface area contributed by atoms with E-state index in [1.165, 1.54) is 16.0 Å². The Kier molecular flexibility index (Phi) is 5.56. The van der Waals surface area contributed by atoms with Crippen molar-refractivity contribution >= 4 is 18.0 Å². The molecule has 0 fully saturated rings. The summed E-state index contributed by atoms with van der Waals surface area (Å²) in [5, 5.41) is 0. The first-order valence-electron chi connectivity index (χ1n) is 10.2. The molecule has 1 N–H and O–H groups in total. The van der Waals surface area contributed by atoms with Gasteiger partial charge < -0.3 is 14.4 Å². The molecule has 0 radical (unpaired) electrons. The highest BCUT2D eigenvalue weighted by Gasteiger charge is 2.24. The van der Waals surface area contributed by atoms with Crippen molar-refractivity contribution in [3.63, 3.8) is 0 Å². The van der Waals surface area contributed by atoms with Gasteiger partial charge in [-0.25, -0.2) is 14.2 Å². The summed E-state index contributed by atoms with van der Waals surface area (Å²) in [6.07, 6.45) is 0.998. The molecule has 0 amide bonds. The summed E-state index contributed by atoms with van der Waals surface area (Å²) in [4.78, 5) is 10.5. The molecule has 1 aliphatic rings. The number of nitrogens with one attached hydrogen (secondary N) is 1. The molecule has 0 bridgehead atoms. The van der Waals surface area contributed by atoms with Gasteiger partial charge in [-0.05, 0) is 63.7 Å². The topological polar surface area (TPSA) is 58.0 Å². The van der Waals surface area contributed by atoms with Crippen molar-refractivity contribution in [3.8, 4) is 11.5 Å². The Bertz CT molecular complexity index is 1100. The van der Waals surface area contributed by atoms with Crippen LogP contribution >= 0.6 is 12.2 Å². The number of aryl methyl sites for hydroxylation is 2. The predicted octanol–water partition coefficient (Wildman–Crippen LogP) is 2.27. The fraction of sp³-hybridized carbons (Fsp3) is 0.476. The van der Waals surface area contributed by atoms with Crippen molar-refractivity contribution < 1.29 is 14.4 Å². The second-order valence-electron chi connectivity index (χ2n) is 7.46. The van der Waals surface area contributed by atoms with Gasteiger partial charge in [0.25, 0.3) is 5.78 Å². The summed E-state index contributed by atoms with van der Waals surface area (Å²) in [5.41, 5.74) is 4.70. The highest BCUT2D eigenvalue weighted by molar-refractivity contribution is 7.71. The van der Waals surface area contributed by atoms with Crippen LogP contribution in [0.2, 0.25) is 0 Å². The van der Waals surface area contributed by atoms with Crippen molar-refractivity contribution in [2.75, 3.05) is 19.8 Å². The maximum atomic E-state index is 5.82. The molecular formula is C21H28N5O2S+. The van der Waals surface area contributed by atoms with Crippen molar-refractivity contribution in [1.29, 1.82) is 0 Å². The Labute approximate surface area is 175 Å². The van der Waals surface area contributed by atoms with Crippen molar-refractivity contribution in [2.24, 2.45) is 0 Å². The van der Waals surface area contributed by atoms with Gasteiger partial charge in [0.15, 0.2) is 18.2 Å². The summed E-state index contributed by atoms with van der Waals surface area (Å²) in [6.45, 7) is 12.0. The van der Waals surface area contributed by atoms with E-state index in [4.69, 9.17) is 21.7 Å². The van der Waals surface area contributed by atoms with Gasteiger partial charge in [0, 0.05) is 23.4 Å². The number of hydrogen-bond donors (Lipinski definition) is 1. The largest absolute Gasteiger partial charge is 0.490 e. The monoisotopic (exact) mass is 414 g/mol. The average Bonchev–Trinajstić information content (AvgIpc) is 2.98. The lowest BCUT2D eigenvalue weighted by Crippen LogP contribution is -3.11. The third-order valence-corrected chi connectivity index (χ3v) is 5.60. The van der Waals surface area contributed by atoms with E-state index >= 15 is 0 Å². The Morgan fingerprint density at radius 2 is 1.72 bits per heavy atom. The van der Waals surface area contributed by atoms with Crippen LogP contribution in [-0.4, -0.2) is 38.9 Å². The molecule has 0 saturated heterocycles. The number of quaternary nitrogens is 1. The number of nitrogens with zero attached hydrogens (tertiary/aromatic N) is 4. The molecule has 0 saturated carbocycles. The van der Waals surface area contributed by atoms with Crippen LogP contribution in [0.15, 0.2) is 18.2 Å². The number of ether oxygens (including phenoxy) is 2. The molecule has 1 unspecified atom stereocenters. The Morgan fingerprint density at radius 3 is 2.41 bits per heavy atom. The van der Waals surface area contributed by atoms with Gasteiger partial charge in [-0.1, -0.05) is 0 Å². The van der Waals surface area contributed by atoms with E-state index in [0.717, 1.165) is 49.1 Å². The molecular weight excluding hydrogens is 386 g/mol. The number of hydrogen-bond acceptors (Lipinski definition) is 5. The Morgan fingerprint density at radius 1 is 1.03 bits per heavy atom. The van der Waals surface area contributed by atoms with Crippen LogP contribution < -0.4 is 14.4 Å². The maximum absolute atomic E-state index is 5.82. The highest BCUT2D eigenvalue weighted by atomic mass is 32.1. The summed E-state index contributed by atoms with van der Waals surface area (Å²) in [5.74, 6) is 2.35. The van der Waals surface area contributed by atoms with Gasteiger partial charge in [0.1, 0.15) is 6.54 Å². The molecule has 1 atom stereocenters. The number of fused-ring (bicyclic) bond motifs is 2. The second-order valence-corrected chi connectivity index (χ2v) is 7.83. The van der Waals surface area contributed by atoms with E-state index in [9.17, 15) is 0 Å². The molecule has 7 nitrogen and oxygen atoms in total. The normalized spacial score (nSPS) is 16.1. The van der Waals surface area contributed by atoms with E-state index < -0.39 is 0 Å². The smallest absolute Gasteiger partial charge is 0.252 e. The minimum absolute atomic E-state index is 0.575. The lowest BCUT2D eigenvalue weighted by atomic mass is 9.99. The van der Waals surface area contributed by atoms with Crippen LogP contribution in [0.25, 0.3) is 5.78 Å². The third kappa shape index (κ3) is 3.86. The molecule has 4 rings (SSSR count). The number of aromatic nitrogens is 4. The number of benzene rings is 1. The molecule has 2 aromatic heterocycles. The zero-order valence-corrected chi connectivity index (χ0v) is 18.3. The van der Waals surface area contributed by atoms with Crippen molar-refractivity contribution in [3.05, 3.63) is 45.5 Å². The van der Waals surface area contributed by atoms with E-state index in [0.29, 0.717) is 23.8 Å². The first-order valence-corrected chi connectivity index (χ1v) is 10.6. The van der Waals surface area contributed by atoms with Crippen LogP contribution in [0, 0.1) is 18.6 Å². The quantitative estimate of drug-likeness (QED) is 0.627. The summed E-state index contributed by atoms with van der Waals surface area (Å²) < 4.78 is 16.3. The fourth-order valence-electron chi connectivity index (χ4n) is 4.09. The molecule has 8 heteroatoms. The lowest BCUT2D eigenvalue weighted by Gasteiger charge is -2.27. The maximum Gasteiger partial charge on any atom is 0.252 e. The van der Waals surface area contributed by atoms with Gasteiger partial charge in [-0.3, -0.25) is 0 Å². The van der Waals surface area contributed by atoms with Gasteiger partial charge in [-0.15, -0.1) is 0 Å². The molecule has 0 spiro atoms. The van der Waals surface area contributed by atoms with E-state index in [2.05, 4.69) is 39.8 Å². The second kappa shape index (κ2) is 8.12. The first-order chi connectivity index (χ1) is 14.0. The summed E-state index contributed by atoms with van der Waals surface area (Å²) >= 11 is 5.54. The molecule has 154 valence electrons.